The van der Waals surface area contributed by atoms with Crippen LogP contribution in [0.15, 0.2) is 24.3 Å². The lowest BCUT2D eigenvalue weighted by Gasteiger charge is -2.56. The number of likely N-dealkylation sites (tertiary alicyclic amines) is 1. The first kappa shape index (κ1) is 17.5. The Labute approximate surface area is 165 Å². The fourth-order valence-corrected chi connectivity index (χ4v) is 6.84. The summed E-state index contributed by atoms with van der Waals surface area (Å²) in [7, 11) is 0. The molecule has 4 bridgehead atoms. The topological polar surface area (TPSA) is 49.4 Å². The summed E-state index contributed by atoms with van der Waals surface area (Å²) in [5, 5.41) is 3.62. The number of amides is 2. The van der Waals surface area contributed by atoms with Crippen molar-refractivity contribution in [2.24, 2.45) is 23.2 Å². The van der Waals surface area contributed by atoms with E-state index in [9.17, 15) is 9.59 Å². The Kier molecular flexibility index (Phi) is 4.23. The number of nitrogens with zero attached hydrogens (tertiary/aromatic N) is 1. The van der Waals surface area contributed by atoms with Gasteiger partial charge in [0.15, 0.2) is 0 Å². The third kappa shape index (κ3) is 3.06. The average Bonchev–Trinajstić information content (AvgIpc) is 3.11. The van der Waals surface area contributed by atoms with Crippen LogP contribution in [0.5, 0.6) is 0 Å². The number of hydrogen-bond acceptors (Lipinski definition) is 2. The number of hydrogen-bond donors (Lipinski definition) is 1. The molecule has 1 aromatic rings. The number of rotatable bonds is 3. The summed E-state index contributed by atoms with van der Waals surface area (Å²) in [5.41, 5.74) is 0.566. The lowest BCUT2D eigenvalue weighted by molar-refractivity contribution is -0.160. The molecule has 4 saturated carbocycles. The van der Waals surface area contributed by atoms with Crippen LogP contribution in [0.4, 0.5) is 5.69 Å². The third-order valence-electron chi connectivity index (χ3n) is 7.42. The number of carbonyl (C=O) groups excluding carboxylic acids is 2. The van der Waals surface area contributed by atoms with E-state index in [1.165, 1.54) is 19.3 Å². The minimum atomic E-state index is -0.332. The van der Waals surface area contributed by atoms with E-state index in [0.29, 0.717) is 5.02 Å². The molecule has 1 saturated heterocycles. The maximum absolute atomic E-state index is 13.6. The normalized spacial score (nSPS) is 36.9. The summed E-state index contributed by atoms with van der Waals surface area (Å²) >= 11 is 5.92. The quantitative estimate of drug-likeness (QED) is 0.832. The Balaban J connectivity index is 1.32. The Morgan fingerprint density at radius 1 is 1.00 bits per heavy atom. The van der Waals surface area contributed by atoms with Gasteiger partial charge in [-0.1, -0.05) is 11.6 Å². The number of carbonyl (C=O) groups is 2. The van der Waals surface area contributed by atoms with Gasteiger partial charge >= 0.3 is 0 Å². The van der Waals surface area contributed by atoms with Gasteiger partial charge in [-0.3, -0.25) is 9.59 Å². The maximum atomic E-state index is 13.6. The molecule has 4 nitrogen and oxygen atoms in total. The molecule has 1 aromatic carbocycles. The van der Waals surface area contributed by atoms with E-state index in [2.05, 4.69) is 5.32 Å². The molecule has 0 aromatic heterocycles. The van der Waals surface area contributed by atoms with Gasteiger partial charge < -0.3 is 10.2 Å². The lowest BCUT2D eigenvalue weighted by atomic mass is 9.49. The van der Waals surface area contributed by atoms with E-state index in [1.54, 1.807) is 24.3 Å². The lowest BCUT2D eigenvalue weighted by Crippen LogP contribution is -2.56. The predicted octanol–water partition coefficient (Wildman–Crippen LogP) is 4.49. The molecular weight excluding hydrogens is 360 g/mol. The second-order valence-corrected chi connectivity index (χ2v) is 9.79. The van der Waals surface area contributed by atoms with Gasteiger partial charge in [0.25, 0.3) is 0 Å². The molecule has 144 valence electrons. The van der Waals surface area contributed by atoms with Crippen molar-refractivity contribution in [1.29, 1.82) is 0 Å². The first-order chi connectivity index (χ1) is 13.0. The molecule has 0 radical (unpaired) electrons. The molecule has 6 rings (SSSR count). The van der Waals surface area contributed by atoms with Crippen LogP contribution in [0.3, 0.4) is 0 Å². The molecule has 1 aliphatic heterocycles. The Hall–Kier alpha value is -1.55. The maximum Gasteiger partial charge on any atom is 0.247 e. The van der Waals surface area contributed by atoms with E-state index < -0.39 is 0 Å². The minimum absolute atomic E-state index is 0.0621. The highest BCUT2D eigenvalue weighted by atomic mass is 35.5. The molecule has 27 heavy (non-hydrogen) atoms. The molecule has 5 aliphatic rings. The second kappa shape index (κ2) is 6.51. The van der Waals surface area contributed by atoms with Crippen molar-refractivity contribution in [2.75, 3.05) is 11.9 Å². The number of benzene rings is 1. The molecule has 4 aliphatic carbocycles. The van der Waals surface area contributed by atoms with E-state index in [0.717, 1.165) is 62.1 Å². The monoisotopic (exact) mass is 386 g/mol. The van der Waals surface area contributed by atoms with Gasteiger partial charge in [-0.15, -0.1) is 0 Å². The number of anilines is 1. The van der Waals surface area contributed by atoms with E-state index >= 15 is 0 Å². The molecular formula is C22H27ClN2O2. The highest BCUT2D eigenvalue weighted by molar-refractivity contribution is 6.30. The summed E-state index contributed by atoms with van der Waals surface area (Å²) in [6, 6.07) is 6.82. The zero-order chi connectivity index (χ0) is 18.6. The summed E-state index contributed by atoms with van der Waals surface area (Å²) in [4.78, 5) is 28.5. The molecule has 1 heterocycles. The van der Waals surface area contributed by atoms with Gasteiger partial charge in [-0.2, -0.15) is 0 Å². The first-order valence-electron chi connectivity index (χ1n) is 10.4. The smallest absolute Gasteiger partial charge is 0.247 e. The van der Waals surface area contributed by atoms with Crippen molar-refractivity contribution < 1.29 is 9.59 Å². The molecule has 5 heteroatoms. The van der Waals surface area contributed by atoms with Crippen LogP contribution in [-0.2, 0) is 9.59 Å². The standard InChI is InChI=1S/C22H27ClN2O2/c23-17-3-5-18(6-4-17)24-20(26)19-2-1-7-25(19)21(27)22-11-14-8-15(12-22)10-16(9-14)13-22/h3-6,14-16,19H,1-2,7-13H2,(H,24,26)/t14?,15?,16?,19-,22?/m0/s1. The van der Waals surface area contributed by atoms with Gasteiger partial charge in [0, 0.05) is 17.3 Å². The van der Waals surface area contributed by atoms with Crippen LogP contribution in [0.25, 0.3) is 0 Å². The SMILES string of the molecule is O=C(Nc1ccc(Cl)cc1)[C@@H]1CCCN1C(=O)C12CC3CC(CC(C3)C1)C2. The van der Waals surface area contributed by atoms with Crippen LogP contribution >= 0.6 is 11.6 Å². The van der Waals surface area contributed by atoms with Crippen LogP contribution in [0.1, 0.15) is 51.4 Å². The van der Waals surface area contributed by atoms with Crippen molar-refractivity contribution >= 4 is 29.1 Å². The fourth-order valence-electron chi connectivity index (χ4n) is 6.72. The molecule has 2 amide bonds. The molecule has 5 fully saturated rings. The Morgan fingerprint density at radius 3 is 2.19 bits per heavy atom. The van der Waals surface area contributed by atoms with Crippen molar-refractivity contribution in [3.63, 3.8) is 0 Å². The predicted molar refractivity (Wildman–Crippen MR) is 105 cm³/mol. The van der Waals surface area contributed by atoms with Crippen LogP contribution in [0.2, 0.25) is 5.02 Å². The zero-order valence-corrected chi connectivity index (χ0v) is 16.4. The number of halogens is 1. The van der Waals surface area contributed by atoms with Gasteiger partial charge in [-0.25, -0.2) is 0 Å². The summed E-state index contributed by atoms with van der Waals surface area (Å²) < 4.78 is 0. The Morgan fingerprint density at radius 2 is 1.59 bits per heavy atom. The van der Waals surface area contributed by atoms with Gasteiger partial charge in [-0.05, 0) is 93.4 Å². The van der Waals surface area contributed by atoms with E-state index in [4.69, 9.17) is 11.6 Å². The zero-order valence-electron chi connectivity index (χ0n) is 15.6. The summed E-state index contributed by atoms with van der Waals surface area (Å²) in [5.74, 6) is 2.43. The van der Waals surface area contributed by atoms with Crippen LogP contribution < -0.4 is 5.32 Å². The van der Waals surface area contributed by atoms with Gasteiger partial charge in [0.1, 0.15) is 6.04 Å². The average molecular weight is 387 g/mol. The minimum Gasteiger partial charge on any atom is -0.330 e. The molecule has 1 N–H and O–H groups in total. The highest BCUT2D eigenvalue weighted by Gasteiger charge is 2.56. The summed E-state index contributed by atoms with van der Waals surface area (Å²) in [6.45, 7) is 0.722. The fraction of sp³-hybridized carbons (Fsp3) is 0.636. The highest BCUT2D eigenvalue weighted by Crippen LogP contribution is 2.60. The van der Waals surface area contributed by atoms with E-state index in [-0.39, 0.29) is 23.3 Å². The number of nitrogens with one attached hydrogen (secondary N) is 1. The van der Waals surface area contributed by atoms with Crippen molar-refractivity contribution in [1.82, 2.24) is 4.90 Å². The van der Waals surface area contributed by atoms with Crippen LogP contribution in [0, 0.1) is 23.2 Å². The van der Waals surface area contributed by atoms with Gasteiger partial charge in [0.05, 0.1) is 5.41 Å². The molecule has 1 atom stereocenters. The van der Waals surface area contributed by atoms with E-state index in [1.807, 2.05) is 4.90 Å². The second-order valence-electron chi connectivity index (χ2n) is 9.35. The Bertz CT molecular complexity index is 725. The largest absolute Gasteiger partial charge is 0.330 e. The molecule has 0 spiro atoms. The first-order valence-corrected chi connectivity index (χ1v) is 10.8. The molecule has 0 unspecified atom stereocenters. The summed E-state index contributed by atoms with van der Waals surface area (Å²) in [6.07, 6.45) is 8.82. The van der Waals surface area contributed by atoms with Crippen molar-refractivity contribution in [3.8, 4) is 0 Å². The van der Waals surface area contributed by atoms with Crippen molar-refractivity contribution in [2.45, 2.75) is 57.4 Å². The van der Waals surface area contributed by atoms with Gasteiger partial charge in [0.2, 0.25) is 11.8 Å². The van der Waals surface area contributed by atoms with Crippen LogP contribution in [-0.4, -0.2) is 29.3 Å². The third-order valence-corrected chi connectivity index (χ3v) is 7.67. The van der Waals surface area contributed by atoms with Crippen molar-refractivity contribution in [3.05, 3.63) is 29.3 Å².